The molecular weight excluding hydrogens is 298 g/mol. The van der Waals surface area contributed by atoms with E-state index in [1.807, 2.05) is 30.3 Å². The molecule has 0 amide bonds. The molecule has 2 N–H and O–H groups in total. The van der Waals surface area contributed by atoms with Crippen molar-refractivity contribution in [1.29, 1.82) is 5.26 Å². The Morgan fingerprint density at radius 1 is 1.12 bits per heavy atom. The standard InChI is InChI=1S/C20H23N3O/c21-11-17-7-4-8-18(9-17)12-22-13-19-10-20(24)15-23(19)14-16-5-2-1-3-6-16/h1-9,19-20,22,24H,10,12-15H2. The zero-order chi connectivity index (χ0) is 16.8. The highest BCUT2D eigenvalue weighted by Crippen LogP contribution is 2.20. The second-order valence-electron chi connectivity index (χ2n) is 6.40. The predicted molar refractivity (Wildman–Crippen MR) is 94.1 cm³/mol. The van der Waals surface area contributed by atoms with Gasteiger partial charge < -0.3 is 10.4 Å². The molecule has 3 rings (SSSR count). The van der Waals surface area contributed by atoms with Crippen LogP contribution in [-0.2, 0) is 13.1 Å². The Labute approximate surface area is 143 Å². The van der Waals surface area contributed by atoms with Crippen LogP contribution < -0.4 is 5.32 Å². The van der Waals surface area contributed by atoms with Gasteiger partial charge in [-0.05, 0) is 29.7 Å². The van der Waals surface area contributed by atoms with Gasteiger partial charge in [-0.3, -0.25) is 4.90 Å². The summed E-state index contributed by atoms with van der Waals surface area (Å²) >= 11 is 0. The van der Waals surface area contributed by atoms with Gasteiger partial charge in [0.05, 0.1) is 17.7 Å². The smallest absolute Gasteiger partial charge is 0.0991 e. The molecule has 124 valence electrons. The Hall–Kier alpha value is -2.19. The molecule has 0 spiro atoms. The lowest BCUT2D eigenvalue weighted by atomic mass is 10.1. The molecule has 1 heterocycles. The molecule has 1 saturated heterocycles. The quantitative estimate of drug-likeness (QED) is 0.857. The minimum atomic E-state index is -0.248. The van der Waals surface area contributed by atoms with E-state index in [2.05, 4.69) is 40.6 Å². The van der Waals surface area contributed by atoms with Crippen LogP contribution in [0.4, 0.5) is 0 Å². The minimum Gasteiger partial charge on any atom is -0.392 e. The maximum atomic E-state index is 10.0. The third-order valence-corrected chi connectivity index (χ3v) is 4.50. The third kappa shape index (κ3) is 4.42. The fraction of sp³-hybridized carbons (Fsp3) is 0.350. The molecule has 0 bridgehead atoms. The molecule has 0 aliphatic carbocycles. The van der Waals surface area contributed by atoms with Crippen LogP contribution in [-0.4, -0.2) is 35.2 Å². The molecular formula is C20H23N3O. The van der Waals surface area contributed by atoms with Gasteiger partial charge in [-0.15, -0.1) is 0 Å². The van der Waals surface area contributed by atoms with Gasteiger partial charge in [0.15, 0.2) is 0 Å². The number of nitriles is 1. The molecule has 2 atom stereocenters. The van der Waals surface area contributed by atoms with E-state index in [4.69, 9.17) is 5.26 Å². The number of aliphatic hydroxyl groups is 1. The van der Waals surface area contributed by atoms with Crippen LogP contribution in [0.1, 0.15) is 23.1 Å². The summed E-state index contributed by atoms with van der Waals surface area (Å²) in [5.41, 5.74) is 3.08. The maximum absolute atomic E-state index is 10.0. The largest absolute Gasteiger partial charge is 0.392 e. The monoisotopic (exact) mass is 321 g/mol. The number of hydrogen-bond acceptors (Lipinski definition) is 4. The Morgan fingerprint density at radius 3 is 2.71 bits per heavy atom. The first-order chi connectivity index (χ1) is 11.7. The third-order valence-electron chi connectivity index (χ3n) is 4.50. The molecule has 1 fully saturated rings. The van der Waals surface area contributed by atoms with Crippen molar-refractivity contribution in [2.75, 3.05) is 13.1 Å². The van der Waals surface area contributed by atoms with E-state index < -0.39 is 0 Å². The molecule has 2 aromatic carbocycles. The molecule has 4 nitrogen and oxygen atoms in total. The van der Waals surface area contributed by atoms with Gasteiger partial charge in [-0.25, -0.2) is 0 Å². The lowest BCUT2D eigenvalue weighted by molar-refractivity contribution is 0.172. The Balaban J connectivity index is 1.54. The van der Waals surface area contributed by atoms with E-state index in [-0.39, 0.29) is 6.10 Å². The number of benzene rings is 2. The first kappa shape index (κ1) is 16.7. The van der Waals surface area contributed by atoms with Crippen molar-refractivity contribution >= 4 is 0 Å². The van der Waals surface area contributed by atoms with Crippen molar-refractivity contribution in [3.63, 3.8) is 0 Å². The lowest BCUT2D eigenvalue weighted by Gasteiger charge is -2.24. The summed E-state index contributed by atoms with van der Waals surface area (Å²) in [6.45, 7) is 3.17. The molecule has 2 aromatic rings. The van der Waals surface area contributed by atoms with E-state index in [1.165, 1.54) is 5.56 Å². The average Bonchev–Trinajstić information content (AvgIpc) is 2.95. The Kier molecular flexibility index (Phi) is 5.60. The number of β-amino-alcohol motifs (C(OH)–C–C–N with tert-alkyl or cyclic N) is 1. The van der Waals surface area contributed by atoms with Crippen molar-refractivity contribution < 1.29 is 5.11 Å². The van der Waals surface area contributed by atoms with E-state index in [1.54, 1.807) is 0 Å². The fourth-order valence-corrected chi connectivity index (χ4v) is 3.32. The van der Waals surface area contributed by atoms with Crippen LogP contribution >= 0.6 is 0 Å². The van der Waals surface area contributed by atoms with Crippen molar-refractivity contribution in [1.82, 2.24) is 10.2 Å². The molecule has 1 aliphatic rings. The summed E-state index contributed by atoms with van der Waals surface area (Å²) in [7, 11) is 0. The van der Waals surface area contributed by atoms with Crippen LogP contribution in [0.15, 0.2) is 54.6 Å². The van der Waals surface area contributed by atoms with Crippen LogP contribution in [0.3, 0.4) is 0 Å². The first-order valence-electron chi connectivity index (χ1n) is 8.40. The second kappa shape index (κ2) is 8.07. The van der Waals surface area contributed by atoms with E-state index >= 15 is 0 Å². The van der Waals surface area contributed by atoms with Gasteiger partial charge >= 0.3 is 0 Å². The number of hydrogen-bond donors (Lipinski definition) is 2. The number of aliphatic hydroxyl groups excluding tert-OH is 1. The average molecular weight is 321 g/mol. The van der Waals surface area contributed by atoms with Gasteiger partial charge in [0, 0.05) is 32.2 Å². The Bertz CT molecular complexity index is 696. The number of likely N-dealkylation sites (tertiary alicyclic amines) is 1. The van der Waals surface area contributed by atoms with Gasteiger partial charge in [0.1, 0.15) is 0 Å². The lowest BCUT2D eigenvalue weighted by Crippen LogP contribution is -2.37. The summed E-state index contributed by atoms with van der Waals surface area (Å²) in [6, 6.07) is 20.6. The molecule has 24 heavy (non-hydrogen) atoms. The highest BCUT2D eigenvalue weighted by Gasteiger charge is 2.30. The van der Waals surface area contributed by atoms with Crippen molar-refractivity contribution in [2.45, 2.75) is 31.7 Å². The molecule has 0 aromatic heterocycles. The summed E-state index contributed by atoms with van der Waals surface area (Å²) in [4.78, 5) is 2.35. The van der Waals surface area contributed by atoms with Gasteiger partial charge in [0.25, 0.3) is 0 Å². The van der Waals surface area contributed by atoms with Crippen molar-refractivity contribution in [3.05, 3.63) is 71.3 Å². The second-order valence-corrected chi connectivity index (χ2v) is 6.40. The molecule has 0 saturated carbocycles. The summed E-state index contributed by atoms with van der Waals surface area (Å²) < 4.78 is 0. The summed E-state index contributed by atoms with van der Waals surface area (Å²) in [6.07, 6.45) is 0.556. The summed E-state index contributed by atoms with van der Waals surface area (Å²) in [5, 5.41) is 22.5. The van der Waals surface area contributed by atoms with E-state index in [9.17, 15) is 5.11 Å². The van der Waals surface area contributed by atoms with Gasteiger partial charge in [0.2, 0.25) is 0 Å². The van der Waals surface area contributed by atoms with Crippen molar-refractivity contribution in [3.8, 4) is 6.07 Å². The molecule has 0 radical (unpaired) electrons. The SMILES string of the molecule is N#Cc1cccc(CNCC2CC(O)CN2Cc2ccccc2)c1. The predicted octanol–water partition coefficient (Wildman–Crippen LogP) is 2.28. The van der Waals surface area contributed by atoms with E-state index in [0.717, 1.165) is 38.2 Å². The van der Waals surface area contributed by atoms with Crippen LogP contribution in [0.2, 0.25) is 0 Å². The molecule has 1 aliphatic heterocycles. The number of nitrogens with one attached hydrogen (secondary N) is 1. The van der Waals surface area contributed by atoms with E-state index in [0.29, 0.717) is 11.6 Å². The van der Waals surface area contributed by atoms with Crippen molar-refractivity contribution in [2.24, 2.45) is 0 Å². The number of rotatable bonds is 6. The molecule has 4 heteroatoms. The highest BCUT2D eigenvalue weighted by atomic mass is 16.3. The minimum absolute atomic E-state index is 0.248. The van der Waals surface area contributed by atoms with Gasteiger partial charge in [-0.2, -0.15) is 5.26 Å². The van der Waals surface area contributed by atoms with Crippen LogP contribution in [0.25, 0.3) is 0 Å². The fourth-order valence-electron chi connectivity index (χ4n) is 3.32. The first-order valence-corrected chi connectivity index (χ1v) is 8.40. The zero-order valence-corrected chi connectivity index (χ0v) is 13.7. The molecule has 2 unspecified atom stereocenters. The zero-order valence-electron chi connectivity index (χ0n) is 13.7. The van der Waals surface area contributed by atoms with Gasteiger partial charge in [-0.1, -0.05) is 42.5 Å². The topological polar surface area (TPSA) is 59.3 Å². The van der Waals surface area contributed by atoms with Crippen LogP contribution in [0.5, 0.6) is 0 Å². The highest BCUT2D eigenvalue weighted by molar-refractivity contribution is 5.32. The normalized spacial score (nSPS) is 20.8. The summed E-state index contributed by atoms with van der Waals surface area (Å²) in [5.74, 6) is 0. The number of nitrogens with zero attached hydrogens (tertiary/aromatic N) is 2. The van der Waals surface area contributed by atoms with Crippen LogP contribution in [0, 0.1) is 11.3 Å². The Morgan fingerprint density at radius 2 is 1.92 bits per heavy atom. The maximum Gasteiger partial charge on any atom is 0.0991 e.